The molecule has 0 aliphatic carbocycles. The van der Waals surface area contributed by atoms with Crippen LogP contribution < -0.4 is 0 Å². The van der Waals surface area contributed by atoms with Gasteiger partial charge in [-0.25, -0.2) is 5.01 Å². The molecule has 6 nitrogen and oxygen atoms in total. The Kier molecular flexibility index (Phi) is 4.67. The smallest absolute Gasteiger partial charge is 0.270 e. The molecule has 0 aromatic heterocycles. The first kappa shape index (κ1) is 14.7. The number of benzene rings is 1. The summed E-state index contributed by atoms with van der Waals surface area (Å²) in [5.74, 6) is 2.93. The van der Waals surface area contributed by atoms with Crippen molar-refractivity contribution < 1.29 is 9.72 Å². The van der Waals surface area contributed by atoms with Gasteiger partial charge < -0.3 is 0 Å². The maximum Gasteiger partial charge on any atom is 0.270 e. The maximum absolute atomic E-state index is 11.8. The van der Waals surface area contributed by atoms with Crippen molar-refractivity contribution in [1.82, 2.24) is 5.01 Å². The van der Waals surface area contributed by atoms with Crippen LogP contribution in [0.15, 0.2) is 29.4 Å². The van der Waals surface area contributed by atoms with E-state index in [0.29, 0.717) is 11.3 Å². The van der Waals surface area contributed by atoms with Crippen molar-refractivity contribution in [3.05, 3.63) is 39.9 Å². The molecule has 1 aromatic rings. The fraction of sp³-hybridized carbons (Fsp3) is 0.333. The van der Waals surface area contributed by atoms with Gasteiger partial charge in [0.1, 0.15) is 6.54 Å². The second kappa shape index (κ2) is 6.66. The van der Waals surface area contributed by atoms with Gasteiger partial charge in [0.15, 0.2) is 5.78 Å². The quantitative estimate of drug-likeness (QED) is 0.485. The Morgan fingerprint density at radius 3 is 3.00 bits per heavy atom. The van der Waals surface area contributed by atoms with Gasteiger partial charge in [-0.3, -0.25) is 14.9 Å². The number of hydrogen-bond donors (Lipinski definition) is 0. The van der Waals surface area contributed by atoms with Crippen LogP contribution in [0.25, 0.3) is 0 Å². The van der Waals surface area contributed by atoms with Gasteiger partial charge in [0.25, 0.3) is 5.69 Å². The van der Waals surface area contributed by atoms with Crippen LogP contribution in [0, 0.1) is 22.1 Å². The predicted molar refractivity (Wildman–Crippen MR) is 78.6 cm³/mol. The molecule has 0 atom stereocenters. The molecule has 0 fully saturated rings. The van der Waals surface area contributed by atoms with E-state index in [2.05, 4.69) is 17.1 Å². The second-order valence-electron chi connectivity index (χ2n) is 4.67. The number of Topliss-reactive ketones (excluding diaryl/α,β-unsaturated/α-hetero) is 1. The van der Waals surface area contributed by atoms with E-state index in [-0.39, 0.29) is 24.4 Å². The summed E-state index contributed by atoms with van der Waals surface area (Å²) < 4.78 is 0. The lowest BCUT2D eigenvalue weighted by Crippen LogP contribution is -2.30. The van der Waals surface area contributed by atoms with E-state index < -0.39 is 4.92 Å². The number of nitro groups is 1. The summed E-state index contributed by atoms with van der Waals surface area (Å²) in [6, 6.07) is 8.96. The second-order valence-corrected chi connectivity index (χ2v) is 4.67. The number of ketones is 1. The summed E-state index contributed by atoms with van der Waals surface area (Å²) >= 11 is 0. The van der Waals surface area contributed by atoms with E-state index in [9.17, 15) is 14.9 Å². The summed E-state index contributed by atoms with van der Waals surface area (Å²) in [7, 11) is 0. The number of unbranched alkanes of at least 4 members (excludes halogenated alkanes) is 1. The molecule has 108 valence electrons. The fourth-order valence-electron chi connectivity index (χ4n) is 1.92. The first-order chi connectivity index (χ1) is 10.1. The van der Waals surface area contributed by atoms with Crippen molar-refractivity contribution in [3.63, 3.8) is 0 Å². The molecule has 2 rings (SSSR count). The number of carbonyl (C=O) groups excluding carboxylic acids is 1. The molecular weight excluding hydrogens is 270 g/mol. The number of non-ortho nitro benzene ring substituents is 1. The van der Waals surface area contributed by atoms with Crippen molar-refractivity contribution in [2.24, 2.45) is 5.10 Å². The summed E-state index contributed by atoms with van der Waals surface area (Å²) in [5, 5.41) is 16.5. The first-order valence-electron chi connectivity index (χ1n) is 6.70. The van der Waals surface area contributed by atoms with E-state index in [0.717, 1.165) is 12.8 Å². The zero-order valence-electron chi connectivity index (χ0n) is 11.7. The van der Waals surface area contributed by atoms with Gasteiger partial charge in [-0.15, -0.1) is 0 Å². The van der Waals surface area contributed by atoms with Gasteiger partial charge in [-0.2, -0.15) is 5.10 Å². The largest absolute Gasteiger partial charge is 0.297 e. The molecule has 0 radical (unpaired) electrons. The van der Waals surface area contributed by atoms with E-state index in [4.69, 9.17) is 0 Å². The van der Waals surface area contributed by atoms with Crippen LogP contribution in [0.4, 0.5) is 5.69 Å². The maximum atomic E-state index is 11.8. The van der Waals surface area contributed by atoms with Crippen LogP contribution >= 0.6 is 0 Å². The first-order valence-corrected chi connectivity index (χ1v) is 6.70. The normalized spacial score (nSPS) is 14.2. The minimum atomic E-state index is -0.465. The number of rotatable bonds is 3. The zero-order valence-corrected chi connectivity index (χ0v) is 11.7. The van der Waals surface area contributed by atoms with Crippen molar-refractivity contribution >= 4 is 17.2 Å². The lowest BCUT2D eigenvalue weighted by molar-refractivity contribution is -0.384. The van der Waals surface area contributed by atoms with E-state index in [1.807, 2.05) is 6.92 Å². The topological polar surface area (TPSA) is 75.8 Å². The SMILES string of the molecule is CCCC#CN1CC(=O)CC(c2cccc([N+](=O)[O-])c2)=N1. The molecule has 0 saturated carbocycles. The Bertz CT molecular complexity index is 656. The molecule has 1 aliphatic rings. The fourth-order valence-corrected chi connectivity index (χ4v) is 1.92. The van der Waals surface area contributed by atoms with Gasteiger partial charge in [-0.05, 0) is 6.42 Å². The standard InChI is InChI=1S/C15H15N3O3/c1-2-3-4-8-17-11-14(19)10-15(16-17)12-6-5-7-13(9-12)18(20)21/h5-7,9H,2-3,10-11H2,1H3. The molecule has 0 saturated heterocycles. The van der Waals surface area contributed by atoms with Crippen molar-refractivity contribution in [2.45, 2.75) is 26.2 Å². The van der Waals surface area contributed by atoms with Crippen molar-refractivity contribution in [1.29, 1.82) is 0 Å². The Balaban J connectivity index is 2.29. The zero-order chi connectivity index (χ0) is 15.2. The van der Waals surface area contributed by atoms with Gasteiger partial charge in [0.05, 0.1) is 17.1 Å². The van der Waals surface area contributed by atoms with Gasteiger partial charge in [0, 0.05) is 30.2 Å². The van der Waals surface area contributed by atoms with Crippen LogP contribution in [-0.4, -0.2) is 28.0 Å². The molecule has 0 spiro atoms. The summed E-state index contributed by atoms with van der Waals surface area (Å²) in [6.07, 6.45) is 1.86. The van der Waals surface area contributed by atoms with Crippen LogP contribution in [0.1, 0.15) is 31.7 Å². The summed E-state index contributed by atoms with van der Waals surface area (Å²) in [4.78, 5) is 22.1. The molecular formula is C15H15N3O3. The molecule has 6 heteroatoms. The molecule has 1 heterocycles. The molecule has 1 aliphatic heterocycles. The third kappa shape index (κ3) is 3.89. The lowest BCUT2D eigenvalue weighted by atomic mass is 10.0. The van der Waals surface area contributed by atoms with E-state index in [1.165, 1.54) is 17.1 Å². The highest BCUT2D eigenvalue weighted by atomic mass is 16.6. The molecule has 1 aromatic carbocycles. The average Bonchev–Trinajstić information content (AvgIpc) is 2.47. The van der Waals surface area contributed by atoms with Crippen molar-refractivity contribution in [3.8, 4) is 12.0 Å². The van der Waals surface area contributed by atoms with Gasteiger partial charge in [-0.1, -0.05) is 25.0 Å². The minimum Gasteiger partial charge on any atom is -0.297 e. The van der Waals surface area contributed by atoms with E-state index >= 15 is 0 Å². The number of hydrogen-bond acceptors (Lipinski definition) is 5. The number of carbonyl (C=O) groups is 1. The Morgan fingerprint density at radius 2 is 2.29 bits per heavy atom. The molecule has 0 bridgehead atoms. The molecule has 0 N–H and O–H groups in total. The monoisotopic (exact) mass is 285 g/mol. The van der Waals surface area contributed by atoms with E-state index in [1.54, 1.807) is 12.1 Å². The van der Waals surface area contributed by atoms with Crippen LogP contribution in [0.2, 0.25) is 0 Å². The number of nitro benzene ring substituents is 1. The third-order valence-corrected chi connectivity index (χ3v) is 2.91. The highest BCUT2D eigenvalue weighted by Gasteiger charge is 2.20. The minimum absolute atomic E-state index is 0.00250. The summed E-state index contributed by atoms with van der Waals surface area (Å²) in [6.45, 7) is 2.18. The van der Waals surface area contributed by atoms with Crippen LogP contribution in [0.5, 0.6) is 0 Å². The average molecular weight is 285 g/mol. The molecule has 0 unspecified atom stereocenters. The third-order valence-electron chi connectivity index (χ3n) is 2.91. The Labute approximate surface area is 122 Å². The van der Waals surface area contributed by atoms with Crippen molar-refractivity contribution in [2.75, 3.05) is 6.54 Å². The lowest BCUT2D eigenvalue weighted by Gasteiger charge is -2.19. The highest BCUT2D eigenvalue weighted by Crippen LogP contribution is 2.17. The Morgan fingerprint density at radius 1 is 1.48 bits per heavy atom. The van der Waals surface area contributed by atoms with Crippen LogP contribution in [-0.2, 0) is 4.79 Å². The van der Waals surface area contributed by atoms with Gasteiger partial charge in [0.2, 0.25) is 0 Å². The molecule has 0 amide bonds. The predicted octanol–water partition coefficient (Wildman–Crippen LogP) is 2.33. The number of nitrogens with zero attached hydrogens (tertiary/aromatic N) is 3. The highest BCUT2D eigenvalue weighted by molar-refractivity contribution is 6.12. The van der Waals surface area contributed by atoms with Gasteiger partial charge >= 0.3 is 0 Å². The van der Waals surface area contributed by atoms with Crippen LogP contribution in [0.3, 0.4) is 0 Å². The number of hydrazone groups is 1. The Hall–Kier alpha value is -2.68. The molecule has 21 heavy (non-hydrogen) atoms. The summed E-state index contributed by atoms with van der Waals surface area (Å²) in [5.41, 5.74) is 1.08.